The summed E-state index contributed by atoms with van der Waals surface area (Å²) in [6.07, 6.45) is 0. The van der Waals surface area contributed by atoms with Crippen LogP contribution in [0.2, 0.25) is 10.3 Å². The van der Waals surface area contributed by atoms with E-state index in [9.17, 15) is 0 Å². The highest BCUT2D eigenvalue weighted by molar-refractivity contribution is 6.32. The van der Waals surface area contributed by atoms with Crippen molar-refractivity contribution in [2.45, 2.75) is 26.2 Å². The van der Waals surface area contributed by atoms with Gasteiger partial charge in [0.25, 0.3) is 0 Å². The lowest BCUT2D eigenvalue weighted by Gasteiger charge is -2.19. The van der Waals surface area contributed by atoms with Crippen molar-refractivity contribution in [2.24, 2.45) is 0 Å². The summed E-state index contributed by atoms with van der Waals surface area (Å²) in [7, 11) is 0. The van der Waals surface area contributed by atoms with E-state index >= 15 is 0 Å². The second-order valence-electron chi connectivity index (χ2n) is 5.20. The van der Waals surface area contributed by atoms with Crippen molar-refractivity contribution in [1.82, 2.24) is 10.2 Å². The van der Waals surface area contributed by atoms with Crippen molar-refractivity contribution in [3.63, 3.8) is 0 Å². The fourth-order valence-electron chi connectivity index (χ4n) is 1.56. The zero-order valence-electron chi connectivity index (χ0n) is 10.9. The highest BCUT2D eigenvalue weighted by atomic mass is 35.5. The monoisotopic (exact) mass is 296 g/mol. The first-order valence-corrected chi connectivity index (χ1v) is 6.59. The van der Waals surface area contributed by atoms with E-state index in [1.165, 1.54) is 11.6 Å². The molecule has 1 heterocycles. The molecule has 5 heteroatoms. The van der Waals surface area contributed by atoms with Crippen LogP contribution in [0, 0.1) is 0 Å². The number of hydrogen-bond acceptors (Lipinski definition) is 3. The van der Waals surface area contributed by atoms with E-state index in [-0.39, 0.29) is 15.7 Å². The second-order valence-corrected chi connectivity index (χ2v) is 5.94. The number of halogens is 2. The number of ether oxygens (including phenoxy) is 1. The molecule has 0 bridgehead atoms. The van der Waals surface area contributed by atoms with E-state index in [1.54, 1.807) is 0 Å². The van der Waals surface area contributed by atoms with Crippen LogP contribution in [0.3, 0.4) is 0 Å². The van der Waals surface area contributed by atoms with Gasteiger partial charge < -0.3 is 4.74 Å². The van der Waals surface area contributed by atoms with Crippen LogP contribution in [0.15, 0.2) is 30.3 Å². The predicted octanol–water partition coefficient (Wildman–Crippen LogP) is 4.87. The Labute approximate surface area is 122 Å². The van der Waals surface area contributed by atoms with E-state index in [0.717, 1.165) is 0 Å². The fraction of sp³-hybridized carbons (Fsp3) is 0.286. The van der Waals surface area contributed by atoms with Gasteiger partial charge >= 0.3 is 0 Å². The summed E-state index contributed by atoms with van der Waals surface area (Å²) in [4.78, 5) is 0. The molecule has 2 rings (SSSR count). The van der Waals surface area contributed by atoms with E-state index in [1.807, 2.05) is 24.3 Å². The Balaban J connectivity index is 2.22. The summed E-state index contributed by atoms with van der Waals surface area (Å²) >= 11 is 11.6. The Morgan fingerprint density at radius 3 is 2.21 bits per heavy atom. The third kappa shape index (κ3) is 3.58. The van der Waals surface area contributed by atoms with Gasteiger partial charge in [-0.3, -0.25) is 0 Å². The first-order chi connectivity index (χ1) is 8.86. The number of hydrogen-bond donors (Lipinski definition) is 0. The fourth-order valence-corrected chi connectivity index (χ4v) is 1.83. The van der Waals surface area contributed by atoms with Crippen LogP contribution in [-0.4, -0.2) is 10.2 Å². The molecule has 2 aromatic rings. The lowest BCUT2D eigenvalue weighted by atomic mass is 9.87. The van der Waals surface area contributed by atoms with E-state index in [0.29, 0.717) is 11.5 Å². The van der Waals surface area contributed by atoms with Crippen molar-refractivity contribution in [3.05, 3.63) is 46.2 Å². The SMILES string of the molecule is CC(C)(C)c1ccc(Oc2cc(Cl)nnc2Cl)cc1. The highest BCUT2D eigenvalue weighted by Gasteiger charge is 2.13. The van der Waals surface area contributed by atoms with Crippen LogP contribution in [0.5, 0.6) is 11.5 Å². The molecule has 0 radical (unpaired) electrons. The summed E-state index contributed by atoms with van der Waals surface area (Å²) in [6, 6.07) is 9.38. The molecule has 100 valence electrons. The Bertz CT molecular complexity index is 577. The van der Waals surface area contributed by atoms with Crippen LogP contribution >= 0.6 is 23.2 Å². The Morgan fingerprint density at radius 2 is 1.63 bits per heavy atom. The van der Waals surface area contributed by atoms with Crippen LogP contribution in [-0.2, 0) is 5.41 Å². The van der Waals surface area contributed by atoms with Crippen LogP contribution in [0.1, 0.15) is 26.3 Å². The van der Waals surface area contributed by atoms with E-state index < -0.39 is 0 Å². The van der Waals surface area contributed by atoms with Gasteiger partial charge in [0.05, 0.1) is 0 Å². The molecule has 0 saturated carbocycles. The summed E-state index contributed by atoms with van der Waals surface area (Å²) in [5.74, 6) is 1.07. The van der Waals surface area contributed by atoms with Crippen molar-refractivity contribution in [2.75, 3.05) is 0 Å². The van der Waals surface area contributed by atoms with Gasteiger partial charge in [-0.1, -0.05) is 56.1 Å². The third-order valence-electron chi connectivity index (χ3n) is 2.63. The van der Waals surface area contributed by atoms with Crippen molar-refractivity contribution >= 4 is 23.2 Å². The largest absolute Gasteiger partial charge is 0.454 e. The van der Waals surface area contributed by atoms with Gasteiger partial charge in [-0.15, -0.1) is 10.2 Å². The van der Waals surface area contributed by atoms with Gasteiger partial charge in [-0.2, -0.15) is 0 Å². The lowest BCUT2D eigenvalue weighted by molar-refractivity contribution is 0.477. The first kappa shape index (κ1) is 14.1. The molecule has 0 atom stereocenters. The summed E-state index contributed by atoms with van der Waals surface area (Å²) in [5.41, 5.74) is 1.34. The molecule has 0 saturated heterocycles. The smallest absolute Gasteiger partial charge is 0.194 e. The van der Waals surface area contributed by atoms with Crippen molar-refractivity contribution in [3.8, 4) is 11.5 Å². The summed E-state index contributed by atoms with van der Waals surface area (Å²) < 4.78 is 5.64. The van der Waals surface area contributed by atoms with Gasteiger partial charge in [0.2, 0.25) is 0 Å². The van der Waals surface area contributed by atoms with Gasteiger partial charge in [-0.05, 0) is 23.1 Å². The van der Waals surface area contributed by atoms with Crippen LogP contribution in [0.4, 0.5) is 0 Å². The maximum absolute atomic E-state index is 5.89. The maximum atomic E-state index is 5.89. The third-order valence-corrected chi connectivity index (χ3v) is 3.08. The average molecular weight is 297 g/mol. The zero-order valence-corrected chi connectivity index (χ0v) is 12.5. The topological polar surface area (TPSA) is 35.0 Å². The van der Waals surface area contributed by atoms with Crippen molar-refractivity contribution in [1.29, 1.82) is 0 Å². The molecular formula is C14H14Cl2N2O. The Kier molecular flexibility index (Phi) is 3.97. The second kappa shape index (κ2) is 5.35. The number of rotatable bonds is 2. The van der Waals surface area contributed by atoms with Gasteiger partial charge in [-0.25, -0.2) is 0 Å². The molecule has 0 spiro atoms. The minimum atomic E-state index is 0.109. The summed E-state index contributed by atoms with van der Waals surface area (Å²) in [6.45, 7) is 6.48. The van der Waals surface area contributed by atoms with Crippen LogP contribution in [0.25, 0.3) is 0 Å². The molecule has 0 N–H and O–H groups in total. The standard InChI is InChI=1S/C14H14Cl2N2O/c1-14(2,3)9-4-6-10(7-5-9)19-11-8-12(15)17-18-13(11)16/h4-8H,1-3H3. The van der Waals surface area contributed by atoms with E-state index in [4.69, 9.17) is 27.9 Å². The van der Waals surface area contributed by atoms with Crippen LogP contribution < -0.4 is 4.74 Å². The Hall–Kier alpha value is -1.32. The molecule has 0 amide bonds. The highest BCUT2D eigenvalue weighted by Crippen LogP contribution is 2.30. The van der Waals surface area contributed by atoms with E-state index in [2.05, 4.69) is 31.0 Å². The summed E-state index contributed by atoms with van der Waals surface area (Å²) in [5, 5.41) is 7.75. The molecule has 0 aliphatic heterocycles. The van der Waals surface area contributed by atoms with Gasteiger partial charge in [0, 0.05) is 6.07 Å². The molecule has 0 aliphatic rings. The molecule has 19 heavy (non-hydrogen) atoms. The molecule has 0 aliphatic carbocycles. The van der Waals surface area contributed by atoms with Gasteiger partial charge in [0.1, 0.15) is 5.75 Å². The number of nitrogens with zero attached hydrogens (tertiary/aromatic N) is 2. The van der Waals surface area contributed by atoms with Crippen molar-refractivity contribution < 1.29 is 4.74 Å². The maximum Gasteiger partial charge on any atom is 0.194 e. The Morgan fingerprint density at radius 1 is 1.00 bits per heavy atom. The van der Waals surface area contributed by atoms with Gasteiger partial charge in [0.15, 0.2) is 16.1 Å². The molecule has 0 unspecified atom stereocenters. The predicted molar refractivity (Wildman–Crippen MR) is 77.3 cm³/mol. The first-order valence-electron chi connectivity index (χ1n) is 5.83. The quantitative estimate of drug-likeness (QED) is 0.793. The molecular weight excluding hydrogens is 283 g/mol. The molecule has 1 aromatic carbocycles. The lowest BCUT2D eigenvalue weighted by Crippen LogP contribution is -2.10. The number of benzene rings is 1. The molecule has 3 nitrogen and oxygen atoms in total. The zero-order chi connectivity index (χ0) is 14.0. The molecule has 0 fully saturated rings. The average Bonchev–Trinajstić information content (AvgIpc) is 2.33. The normalized spacial score (nSPS) is 11.4. The minimum Gasteiger partial charge on any atom is -0.454 e. The minimum absolute atomic E-state index is 0.109. The number of aromatic nitrogens is 2. The molecule has 1 aromatic heterocycles.